The van der Waals surface area contributed by atoms with E-state index < -0.39 is 10.0 Å². The first-order chi connectivity index (χ1) is 15.2. The summed E-state index contributed by atoms with van der Waals surface area (Å²) in [6.45, 7) is 7.38. The van der Waals surface area contributed by atoms with E-state index in [0.29, 0.717) is 28.0 Å². The molecule has 2 heterocycles. The van der Waals surface area contributed by atoms with Crippen molar-refractivity contribution in [1.82, 2.24) is 19.7 Å². The molecule has 0 aliphatic rings. The van der Waals surface area contributed by atoms with Crippen molar-refractivity contribution in [2.75, 3.05) is 10.0 Å². The summed E-state index contributed by atoms with van der Waals surface area (Å²) in [5, 5.41) is 7.42. The number of hydrogen-bond acceptors (Lipinski definition) is 6. The van der Waals surface area contributed by atoms with Gasteiger partial charge in [-0.3, -0.25) is 4.72 Å². The third kappa shape index (κ3) is 4.62. The highest BCUT2D eigenvalue weighted by Crippen LogP contribution is 2.25. The van der Waals surface area contributed by atoms with Crippen LogP contribution in [0.2, 0.25) is 0 Å². The summed E-state index contributed by atoms with van der Waals surface area (Å²) in [7, 11) is -3.70. The molecule has 0 atom stereocenters. The zero-order chi connectivity index (χ0) is 22.9. The van der Waals surface area contributed by atoms with Crippen LogP contribution in [0.1, 0.15) is 22.5 Å². The van der Waals surface area contributed by atoms with Crippen LogP contribution in [0.3, 0.4) is 0 Å². The van der Waals surface area contributed by atoms with E-state index >= 15 is 0 Å². The standard InChI is InChI=1S/C23H24N6O2S/c1-15-12-16(2)23(17(3)13-15)32(30,31)28-20-8-6-19(7-9-20)27-21-14-22(26-18(4)25-21)29-11-5-10-24-29/h5-14,28H,1-4H3,(H,25,26,27). The Morgan fingerprint density at radius 1 is 0.875 bits per heavy atom. The quantitative estimate of drug-likeness (QED) is 0.452. The fraction of sp³-hybridized carbons (Fsp3) is 0.174. The number of hydrogen-bond donors (Lipinski definition) is 2. The van der Waals surface area contributed by atoms with Crippen LogP contribution >= 0.6 is 0 Å². The van der Waals surface area contributed by atoms with Crippen molar-refractivity contribution in [1.29, 1.82) is 0 Å². The Labute approximate surface area is 187 Å². The van der Waals surface area contributed by atoms with Crippen LogP contribution in [0.5, 0.6) is 0 Å². The Morgan fingerprint density at radius 2 is 1.53 bits per heavy atom. The molecular formula is C23H24N6O2S. The van der Waals surface area contributed by atoms with Crippen molar-refractivity contribution >= 4 is 27.2 Å². The Kier molecular flexibility index (Phi) is 5.67. The second-order valence-electron chi connectivity index (χ2n) is 7.64. The second kappa shape index (κ2) is 8.43. The summed E-state index contributed by atoms with van der Waals surface area (Å²) in [6.07, 6.45) is 3.49. The third-order valence-electron chi connectivity index (χ3n) is 4.85. The average molecular weight is 449 g/mol. The molecule has 2 N–H and O–H groups in total. The van der Waals surface area contributed by atoms with Gasteiger partial charge in [0.15, 0.2) is 5.82 Å². The average Bonchev–Trinajstić information content (AvgIpc) is 3.23. The predicted molar refractivity (Wildman–Crippen MR) is 125 cm³/mol. The van der Waals surface area contributed by atoms with Gasteiger partial charge in [-0.1, -0.05) is 17.7 Å². The van der Waals surface area contributed by atoms with Gasteiger partial charge < -0.3 is 5.32 Å². The molecule has 0 amide bonds. The van der Waals surface area contributed by atoms with Crippen molar-refractivity contribution in [3.63, 3.8) is 0 Å². The van der Waals surface area contributed by atoms with Gasteiger partial charge in [0, 0.05) is 29.8 Å². The molecule has 0 unspecified atom stereocenters. The van der Waals surface area contributed by atoms with E-state index in [4.69, 9.17) is 0 Å². The molecule has 2 aromatic heterocycles. The number of aryl methyl sites for hydroxylation is 4. The van der Waals surface area contributed by atoms with Crippen molar-refractivity contribution in [2.45, 2.75) is 32.6 Å². The predicted octanol–water partition coefficient (Wildman–Crippen LogP) is 4.44. The highest BCUT2D eigenvalue weighted by molar-refractivity contribution is 7.92. The lowest BCUT2D eigenvalue weighted by Crippen LogP contribution is -2.16. The van der Waals surface area contributed by atoms with Gasteiger partial charge in [-0.15, -0.1) is 0 Å². The largest absolute Gasteiger partial charge is 0.340 e. The van der Waals surface area contributed by atoms with Gasteiger partial charge in [-0.05, 0) is 69.2 Å². The smallest absolute Gasteiger partial charge is 0.262 e. The summed E-state index contributed by atoms with van der Waals surface area (Å²) in [5.41, 5.74) is 3.72. The minimum Gasteiger partial charge on any atom is -0.340 e. The summed E-state index contributed by atoms with van der Waals surface area (Å²) in [6, 6.07) is 14.4. The van der Waals surface area contributed by atoms with Crippen LogP contribution in [0.25, 0.3) is 5.82 Å². The van der Waals surface area contributed by atoms with Crippen LogP contribution in [-0.4, -0.2) is 28.2 Å². The fourth-order valence-electron chi connectivity index (χ4n) is 3.70. The molecule has 0 saturated carbocycles. The molecule has 0 aliphatic carbocycles. The minimum absolute atomic E-state index is 0.313. The van der Waals surface area contributed by atoms with E-state index in [1.807, 2.05) is 52.1 Å². The first-order valence-electron chi connectivity index (χ1n) is 10.0. The van der Waals surface area contributed by atoms with E-state index in [1.165, 1.54) is 0 Å². The van der Waals surface area contributed by atoms with Gasteiger partial charge in [0.1, 0.15) is 11.6 Å². The number of aromatic nitrogens is 4. The Hall–Kier alpha value is -3.72. The van der Waals surface area contributed by atoms with E-state index in [1.54, 1.807) is 41.2 Å². The molecular weight excluding hydrogens is 424 g/mol. The summed E-state index contributed by atoms with van der Waals surface area (Å²) >= 11 is 0. The first kappa shape index (κ1) is 21.5. The lowest BCUT2D eigenvalue weighted by atomic mass is 10.1. The maximum atomic E-state index is 13.0. The van der Waals surface area contributed by atoms with Gasteiger partial charge in [0.05, 0.1) is 4.90 Å². The molecule has 9 heteroatoms. The van der Waals surface area contributed by atoms with Crippen LogP contribution in [0.4, 0.5) is 17.2 Å². The Bertz CT molecular complexity index is 1340. The summed E-state index contributed by atoms with van der Waals surface area (Å²) in [5.74, 6) is 1.87. The van der Waals surface area contributed by atoms with Gasteiger partial charge in [0.2, 0.25) is 0 Å². The van der Waals surface area contributed by atoms with Gasteiger partial charge in [-0.2, -0.15) is 5.10 Å². The maximum absolute atomic E-state index is 13.0. The van der Waals surface area contributed by atoms with Gasteiger partial charge in [-0.25, -0.2) is 23.1 Å². The number of benzene rings is 2. The topological polar surface area (TPSA) is 102 Å². The SMILES string of the molecule is Cc1cc(C)c(S(=O)(=O)Nc2ccc(Nc3cc(-n4cccn4)nc(C)n3)cc2)c(C)c1. The molecule has 2 aromatic carbocycles. The summed E-state index contributed by atoms with van der Waals surface area (Å²) < 4.78 is 30.3. The molecule has 0 spiro atoms. The van der Waals surface area contributed by atoms with Crippen molar-refractivity contribution in [3.8, 4) is 5.82 Å². The van der Waals surface area contributed by atoms with E-state index in [-0.39, 0.29) is 0 Å². The Morgan fingerprint density at radius 3 is 2.16 bits per heavy atom. The zero-order valence-electron chi connectivity index (χ0n) is 18.3. The number of nitrogens with one attached hydrogen (secondary N) is 2. The molecule has 0 saturated heterocycles. The molecule has 0 radical (unpaired) electrons. The number of nitrogens with zero attached hydrogens (tertiary/aromatic N) is 4. The molecule has 0 fully saturated rings. The maximum Gasteiger partial charge on any atom is 0.262 e. The highest BCUT2D eigenvalue weighted by atomic mass is 32.2. The van der Waals surface area contributed by atoms with Gasteiger partial charge in [0.25, 0.3) is 10.0 Å². The van der Waals surface area contributed by atoms with E-state index in [2.05, 4.69) is 25.1 Å². The Balaban J connectivity index is 1.53. The molecule has 32 heavy (non-hydrogen) atoms. The minimum atomic E-state index is -3.70. The molecule has 164 valence electrons. The van der Waals surface area contributed by atoms with E-state index in [0.717, 1.165) is 22.4 Å². The van der Waals surface area contributed by atoms with E-state index in [9.17, 15) is 8.42 Å². The normalized spacial score (nSPS) is 11.4. The molecule has 0 aliphatic heterocycles. The van der Waals surface area contributed by atoms with Crippen molar-refractivity contribution < 1.29 is 8.42 Å². The number of sulfonamides is 1. The lowest BCUT2D eigenvalue weighted by Gasteiger charge is -2.14. The van der Waals surface area contributed by atoms with Crippen molar-refractivity contribution in [3.05, 3.63) is 83.4 Å². The lowest BCUT2D eigenvalue weighted by molar-refractivity contribution is 0.600. The fourth-order valence-corrected chi connectivity index (χ4v) is 5.22. The molecule has 4 aromatic rings. The second-order valence-corrected chi connectivity index (χ2v) is 9.26. The first-order valence-corrected chi connectivity index (χ1v) is 11.5. The number of rotatable bonds is 6. The zero-order valence-corrected chi connectivity index (χ0v) is 19.1. The van der Waals surface area contributed by atoms with Crippen LogP contribution in [0, 0.1) is 27.7 Å². The van der Waals surface area contributed by atoms with Gasteiger partial charge >= 0.3 is 0 Å². The van der Waals surface area contributed by atoms with Crippen LogP contribution < -0.4 is 10.0 Å². The monoisotopic (exact) mass is 448 g/mol. The molecule has 0 bridgehead atoms. The molecule has 4 rings (SSSR count). The molecule has 8 nitrogen and oxygen atoms in total. The van der Waals surface area contributed by atoms with Crippen LogP contribution in [-0.2, 0) is 10.0 Å². The summed E-state index contributed by atoms with van der Waals surface area (Å²) in [4.78, 5) is 9.12. The van der Waals surface area contributed by atoms with Crippen molar-refractivity contribution in [2.24, 2.45) is 0 Å². The number of anilines is 3. The van der Waals surface area contributed by atoms with Crippen LogP contribution in [0.15, 0.2) is 65.8 Å². The third-order valence-corrected chi connectivity index (χ3v) is 6.53. The highest BCUT2D eigenvalue weighted by Gasteiger charge is 2.20.